The molecule has 0 saturated carbocycles. The molecule has 1 amide bonds. The van der Waals surface area contributed by atoms with Crippen molar-refractivity contribution in [3.05, 3.63) is 65.2 Å². The Hall–Kier alpha value is -2.37. The number of methoxy groups -OCH3 is 1. The Labute approximate surface area is 167 Å². The Morgan fingerprint density at radius 2 is 1.61 bits per heavy atom. The number of carbonyl (C=O) groups is 1. The summed E-state index contributed by atoms with van der Waals surface area (Å²) in [5, 5.41) is 12.4. The van der Waals surface area contributed by atoms with Crippen LogP contribution >= 0.6 is 0 Å². The molecule has 2 aromatic rings. The van der Waals surface area contributed by atoms with Gasteiger partial charge in [0.15, 0.2) is 0 Å². The largest absolute Gasteiger partial charge is 0.493 e. The van der Waals surface area contributed by atoms with Gasteiger partial charge in [-0.3, -0.25) is 4.79 Å². The van der Waals surface area contributed by atoms with E-state index in [0.717, 1.165) is 23.3 Å². The van der Waals surface area contributed by atoms with Gasteiger partial charge in [0.25, 0.3) is 0 Å². The average molecular weight is 386 g/mol. The minimum atomic E-state index is -0.275. The van der Waals surface area contributed by atoms with E-state index < -0.39 is 0 Å². The first-order valence-corrected chi connectivity index (χ1v) is 9.71. The van der Waals surface area contributed by atoms with Crippen LogP contribution < -0.4 is 10.1 Å². The predicted molar refractivity (Wildman–Crippen MR) is 110 cm³/mol. The fraction of sp³-hybridized carbons (Fsp3) is 0.435. The van der Waals surface area contributed by atoms with E-state index in [1.807, 2.05) is 38.1 Å². The van der Waals surface area contributed by atoms with Crippen LogP contribution in [0.25, 0.3) is 0 Å². The highest BCUT2D eigenvalue weighted by Crippen LogP contribution is 2.15. The predicted octanol–water partition coefficient (Wildman–Crippen LogP) is 3.13. The number of nitrogens with one attached hydrogen (secondary N) is 1. The first kappa shape index (κ1) is 21.9. The van der Waals surface area contributed by atoms with Gasteiger partial charge in [-0.15, -0.1) is 0 Å². The maximum Gasteiger partial charge on any atom is 0.222 e. The highest BCUT2D eigenvalue weighted by molar-refractivity contribution is 5.78. The summed E-state index contributed by atoms with van der Waals surface area (Å²) in [4.78, 5) is 11.8. The summed E-state index contributed by atoms with van der Waals surface area (Å²) < 4.78 is 10.9. The molecule has 152 valence electrons. The molecule has 1 atom stereocenters. The van der Waals surface area contributed by atoms with Crippen LogP contribution in [-0.4, -0.2) is 37.4 Å². The summed E-state index contributed by atoms with van der Waals surface area (Å²) in [5.41, 5.74) is 3.43. The molecule has 2 aromatic carbocycles. The SMILES string of the molecule is COCc1ccc(CCOc2ccc(CC(CO)NC(=O)C(C)C)cc2)cc1. The van der Waals surface area contributed by atoms with Crippen LogP contribution in [0, 0.1) is 5.92 Å². The number of hydrogen-bond acceptors (Lipinski definition) is 4. The van der Waals surface area contributed by atoms with Gasteiger partial charge in [-0.1, -0.05) is 50.2 Å². The zero-order chi connectivity index (χ0) is 20.4. The van der Waals surface area contributed by atoms with E-state index >= 15 is 0 Å². The summed E-state index contributed by atoms with van der Waals surface area (Å²) in [5.74, 6) is 0.668. The van der Waals surface area contributed by atoms with Gasteiger partial charge in [0.1, 0.15) is 5.75 Å². The van der Waals surface area contributed by atoms with Gasteiger partial charge in [0, 0.05) is 19.4 Å². The monoisotopic (exact) mass is 385 g/mol. The van der Waals surface area contributed by atoms with E-state index in [1.165, 1.54) is 5.56 Å². The second-order valence-corrected chi connectivity index (χ2v) is 7.24. The molecule has 0 radical (unpaired) electrons. The number of carbonyl (C=O) groups excluding carboxylic acids is 1. The average Bonchev–Trinajstić information content (AvgIpc) is 2.70. The van der Waals surface area contributed by atoms with Gasteiger partial charge in [-0.25, -0.2) is 0 Å². The number of rotatable bonds is 11. The van der Waals surface area contributed by atoms with E-state index in [0.29, 0.717) is 19.6 Å². The topological polar surface area (TPSA) is 67.8 Å². The van der Waals surface area contributed by atoms with Crippen molar-refractivity contribution < 1.29 is 19.4 Å². The third kappa shape index (κ3) is 7.33. The number of amides is 1. The third-order valence-electron chi connectivity index (χ3n) is 4.49. The van der Waals surface area contributed by atoms with Crippen molar-refractivity contribution in [3.8, 4) is 5.75 Å². The third-order valence-corrected chi connectivity index (χ3v) is 4.49. The normalized spacial score (nSPS) is 12.0. The van der Waals surface area contributed by atoms with E-state index in [4.69, 9.17) is 9.47 Å². The Morgan fingerprint density at radius 1 is 1.00 bits per heavy atom. The van der Waals surface area contributed by atoms with Crippen molar-refractivity contribution in [3.63, 3.8) is 0 Å². The lowest BCUT2D eigenvalue weighted by molar-refractivity contribution is -0.125. The van der Waals surface area contributed by atoms with Crippen LogP contribution in [0.2, 0.25) is 0 Å². The molecule has 0 heterocycles. The number of ether oxygens (including phenoxy) is 2. The molecule has 0 aliphatic rings. The zero-order valence-electron chi connectivity index (χ0n) is 17.0. The number of aliphatic hydroxyl groups is 1. The van der Waals surface area contributed by atoms with Gasteiger partial charge in [-0.05, 0) is 35.2 Å². The van der Waals surface area contributed by atoms with Gasteiger partial charge in [0.2, 0.25) is 5.91 Å². The lowest BCUT2D eigenvalue weighted by Crippen LogP contribution is -2.41. The second kappa shape index (κ2) is 11.5. The minimum absolute atomic E-state index is 0.0470. The van der Waals surface area contributed by atoms with E-state index in [1.54, 1.807) is 7.11 Å². The van der Waals surface area contributed by atoms with Crippen LogP contribution in [0.3, 0.4) is 0 Å². The maximum absolute atomic E-state index is 11.8. The molecule has 0 fully saturated rings. The Bertz CT molecular complexity index is 710. The quantitative estimate of drug-likeness (QED) is 0.624. The number of hydrogen-bond donors (Lipinski definition) is 2. The number of aliphatic hydroxyl groups excluding tert-OH is 1. The van der Waals surface area contributed by atoms with Gasteiger partial charge < -0.3 is 19.9 Å². The Kier molecular flexibility index (Phi) is 8.98. The molecule has 0 aliphatic heterocycles. The summed E-state index contributed by atoms with van der Waals surface area (Å²) in [6.07, 6.45) is 1.42. The molecule has 2 N–H and O–H groups in total. The summed E-state index contributed by atoms with van der Waals surface area (Å²) in [7, 11) is 1.69. The molecule has 1 unspecified atom stereocenters. The molecule has 2 rings (SSSR count). The van der Waals surface area contributed by atoms with Crippen molar-refractivity contribution in [1.82, 2.24) is 5.32 Å². The van der Waals surface area contributed by atoms with Crippen molar-refractivity contribution in [2.45, 2.75) is 39.3 Å². The smallest absolute Gasteiger partial charge is 0.222 e. The van der Waals surface area contributed by atoms with Crippen LogP contribution in [-0.2, 0) is 29.0 Å². The maximum atomic E-state index is 11.8. The van der Waals surface area contributed by atoms with E-state index in [2.05, 4.69) is 29.6 Å². The molecule has 5 heteroatoms. The lowest BCUT2D eigenvalue weighted by atomic mass is 10.1. The molecular formula is C23H31NO4. The molecule has 0 saturated heterocycles. The fourth-order valence-corrected chi connectivity index (χ4v) is 2.79. The van der Waals surface area contributed by atoms with Crippen molar-refractivity contribution in [2.24, 2.45) is 5.92 Å². The summed E-state index contributed by atoms with van der Waals surface area (Å²) >= 11 is 0. The minimum Gasteiger partial charge on any atom is -0.493 e. The Morgan fingerprint density at radius 3 is 2.18 bits per heavy atom. The highest BCUT2D eigenvalue weighted by atomic mass is 16.5. The zero-order valence-corrected chi connectivity index (χ0v) is 17.0. The molecule has 5 nitrogen and oxygen atoms in total. The first-order chi connectivity index (χ1) is 13.5. The van der Waals surface area contributed by atoms with E-state index in [9.17, 15) is 9.90 Å². The standard InChI is InChI=1S/C23H31NO4/c1-17(2)23(26)24-21(15-25)14-19-8-10-22(11-9-19)28-13-12-18-4-6-20(7-5-18)16-27-3/h4-11,17,21,25H,12-16H2,1-3H3,(H,24,26). The highest BCUT2D eigenvalue weighted by Gasteiger charge is 2.14. The van der Waals surface area contributed by atoms with Crippen LogP contribution in [0.4, 0.5) is 0 Å². The molecule has 0 spiro atoms. The molecule has 0 bridgehead atoms. The molecule has 28 heavy (non-hydrogen) atoms. The Balaban J connectivity index is 1.79. The van der Waals surface area contributed by atoms with E-state index in [-0.39, 0.29) is 24.5 Å². The van der Waals surface area contributed by atoms with Crippen LogP contribution in [0.1, 0.15) is 30.5 Å². The molecule has 0 aliphatic carbocycles. The summed E-state index contributed by atoms with van der Waals surface area (Å²) in [6.45, 7) is 4.82. The van der Waals surface area contributed by atoms with Crippen molar-refractivity contribution in [2.75, 3.05) is 20.3 Å². The lowest BCUT2D eigenvalue weighted by Gasteiger charge is -2.18. The van der Waals surface area contributed by atoms with Crippen molar-refractivity contribution in [1.29, 1.82) is 0 Å². The second-order valence-electron chi connectivity index (χ2n) is 7.24. The number of benzene rings is 2. The molecular weight excluding hydrogens is 354 g/mol. The molecule has 0 aromatic heterocycles. The summed E-state index contributed by atoms with van der Waals surface area (Å²) in [6, 6.07) is 15.9. The van der Waals surface area contributed by atoms with Gasteiger partial charge in [-0.2, -0.15) is 0 Å². The van der Waals surface area contributed by atoms with Crippen LogP contribution in [0.5, 0.6) is 5.75 Å². The van der Waals surface area contributed by atoms with Gasteiger partial charge in [0.05, 0.1) is 25.9 Å². The first-order valence-electron chi connectivity index (χ1n) is 9.71. The van der Waals surface area contributed by atoms with Crippen molar-refractivity contribution >= 4 is 5.91 Å². The van der Waals surface area contributed by atoms with Gasteiger partial charge >= 0.3 is 0 Å². The fourth-order valence-electron chi connectivity index (χ4n) is 2.79. The van der Waals surface area contributed by atoms with Crippen LogP contribution in [0.15, 0.2) is 48.5 Å².